The molecule has 3 heterocycles. The van der Waals surface area contributed by atoms with Crippen LogP contribution in [0.2, 0.25) is 0 Å². The van der Waals surface area contributed by atoms with Gasteiger partial charge in [0.1, 0.15) is 5.82 Å². The largest absolute Gasteiger partial charge is 0.383 e. The average Bonchev–Trinajstić information content (AvgIpc) is 3.67. The lowest BCUT2D eigenvalue weighted by Crippen LogP contribution is -2.10. The lowest BCUT2D eigenvalue weighted by molar-refractivity contribution is 0.901. The van der Waals surface area contributed by atoms with E-state index in [-0.39, 0.29) is 0 Å². The smallest absolute Gasteiger partial charge is 0.135 e. The Balaban J connectivity index is 1.39. The maximum atomic E-state index is 6.66. The fourth-order valence-electron chi connectivity index (χ4n) is 5.13. The van der Waals surface area contributed by atoms with Crippen LogP contribution in [0, 0.1) is 13.8 Å². The molecule has 0 unspecified atom stereocenters. The van der Waals surface area contributed by atoms with Crippen LogP contribution >= 0.6 is 11.9 Å². The van der Waals surface area contributed by atoms with Gasteiger partial charge in [0.2, 0.25) is 0 Å². The van der Waals surface area contributed by atoms with Crippen molar-refractivity contribution in [2.45, 2.75) is 40.0 Å². The highest BCUT2D eigenvalue weighted by molar-refractivity contribution is 8.00. The molecule has 5 rings (SSSR count). The maximum Gasteiger partial charge on any atom is 0.135 e. The predicted molar refractivity (Wildman–Crippen MR) is 169 cm³/mol. The number of aromatic amines is 1. The molecule has 0 aliphatic carbocycles. The van der Waals surface area contributed by atoms with E-state index in [0.717, 1.165) is 58.4 Å². The highest BCUT2D eigenvalue weighted by atomic mass is 32.2. The van der Waals surface area contributed by atoms with E-state index < -0.39 is 0 Å². The van der Waals surface area contributed by atoms with Crippen LogP contribution < -0.4 is 10.0 Å². The zero-order valence-corrected chi connectivity index (χ0v) is 23.8. The van der Waals surface area contributed by atoms with E-state index in [1.165, 1.54) is 34.6 Å². The molecule has 39 heavy (non-hydrogen) atoms. The number of aryl methyl sites for hydroxylation is 3. The molecule has 0 radical (unpaired) electrons. The van der Waals surface area contributed by atoms with Gasteiger partial charge >= 0.3 is 0 Å². The highest BCUT2D eigenvalue weighted by Crippen LogP contribution is 2.36. The highest BCUT2D eigenvalue weighted by Gasteiger charge is 2.19. The fourth-order valence-corrected chi connectivity index (χ4v) is 6.20. The molecule has 0 saturated carbocycles. The second-order valence-corrected chi connectivity index (χ2v) is 11.2. The quantitative estimate of drug-likeness (QED) is 0.131. The van der Waals surface area contributed by atoms with Crippen molar-refractivity contribution in [2.24, 2.45) is 4.99 Å². The summed E-state index contributed by atoms with van der Waals surface area (Å²) in [5.74, 6) is 1.69. The maximum absolute atomic E-state index is 6.66. The first kappa shape index (κ1) is 26.6. The summed E-state index contributed by atoms with van der Waals surface area (Å²) in [6, 6.07) is 15.1. The Morgan fingerprint density at radius 2 is 2.03 bits per heavy atom. The molecule has 1 aliphatic heterocycles. The second kappa shape index (κ2) is 11.4. The summed E-state index contributed by atoms with van der Waals surface area (Å²) in [6.07, 6.45) is 8.77. The molecule has 1 fully saturated rings. The summed E-state index contributed by atoms with van der Waals surface area (Å²) >= 11 is 1.90. The van der Waals surface area contributed by atoms with Gasteiger partial charge < -0.3 is 15.0 Å². The summed E-state index contributed by atoms with van der Waals surface area (Å²) in [7, 11) is 0. The molecule has 0 amide bonds. The minimum Gasteiger partial charge on any atom is -0.383 e. The molecule has 7 heteroatoms. The number of nitrogens with two attached hydrogens (primary N) is 1. The van der Waals surface area contributed by atoms with Crippen molar-refractivity contribution in [3.63, 3.8) is 0 Å². The summed E-state index contributed by atoms with van der Waals surface area (Å²) in [6.45, 7) is 15.5. The minimum atomic E-state index is 0.519. The molecule has 1 aliphatic rings. The third-order valence-corrected chi connectivity index (χ3v) is 8.55. The summed E-state index contributed by atoms with van der Waals surface area (Å²) in [5.41, 5.74) is 17.3. The fraction of sp³-hybridized carbons (Fsp3) is 0.250. The van der Waals surface area contributed by atoms with Gasteiger partial charge in [0.25, 0.3) is 0 Å². The number of nitrogens with zero attached hydrogens (tertiary/aromatic N) is 4. The molecule has 0 spiro atoms. The molecule has 3 N–H and O–H groups in total. The van der Waals surface area contributed by atoms with Gasteiger partial charge in [-0.1, -0.05) is 36.9 Å². The Morgan fingerprint density at radius 1 is 1.21 bits per heavy atom. The van der Waals surface area contributed by atoms with Gasteiger partial charge in [-0.05, 0) is 99.2 Å². The van der Waals surface area contributed by atoms with Crippen LogP contribution in [0.15, 0.2) is 78.1 Å². The SMILES string of the molecule is C=N/C=C(\C(C)=C/CCc1ccccc1C)n1ncc(C(=C)c2cc3cc(C)c(N4CCCS4)cc3[nH]2)c1N. The van der Waals surface area contributed by atoms with E-state index >= 15 is 0 Å². The number of H-pyrrole nitrogens is 1. The molecular formula is C32H36N6S. The third kappa shape index (κ3) is 5.45. The number of anilines is 2. The van der Waals surface area contributed by atoms with Gasteiger partial charge in [-0.3, -0.25) is 4.99 Å². The Bertz CT molecular complexity index is 1600. The molecule has 2 aromatic carbocycles. The number of hydrogen-bond acceptors (Lipinski definition) is 5. The van der Waals surface area contributed by atoms with Crippen LogP contribution in [0.3, 0.4) is 0 Å². The first-order valence-corrected chi connectivity index (χ1v) is 14.3. The van der Waals surface area contributed by atoms with Gasteiger partial charge in [-0.2, -0.15) is 5.10 Å². The van der Waals surface area contributed by atoms with Crippen LogP contribution in [0.1, 0.15) is 47.7 Å². The normalized spacial score (nSPS) is 14.4. The Morgan fingerprint density at radius 3 is 2.77 bits per heavy atom. The number of nitrogens with one attached hydrogen (secondary N) is 1. The second-order valence-electron chi connectivity index (χ2n) is 10.1. The van der Waals surface area contributed by atoms with E-state index in [0.29, 0.717) is 5.82 Å². The predicted octanol–water partition coefficient (Wildman–Crippen LogP) is 7.56. The zero-order valence-electron chi connectivity index (χ0n) is 23.0. The Labute approximate surface area is 235 Å². The lowest BCUT2D eigenvalue weighted by Gasteiger charge is -2.18. The molecule has 4 aromatic rings. The average molecular weight is 537 g/mol. The third-order valence-electron chi connectivity index (χ3n) is 7.39. The van der Waals surface area contributed by atoms with Crippen molar-refractivity contribution in [3.05, 3.63) is 101 Å². The Hall–Kier alpha value is -3.97. The number of aliphatic imine (C=N–C) groups is 1. The van der Waals surface area contributed by atoms with E-state index in [4.69, 9.17) is 5.73 Å². The van der Waals surface area contributed by atoms with Gasteiger partial charge in [-0.25, -0.2) is 4.68 Å². The molecule has 2 aromatic heterocycles. The Kier molecular flexibility index (Phi) is 7.79. The van der Waals surface area contributed by atoms with Crippen LogP contribution in [-0.2, 0) is 6.42 Å². The van der Waals surface area contributed by atoms with Gasteiger partial charge in [0.15, 0.2) is 0 Å². The summed E-state index contributed by atoms with van der Waals surface area (Å²) < 4.78 is 4.12. The van der Waals surface area contributed by atoms with Crippen molar-refractivity contribution < 1.29 is 0 Å². The number of rotatable bonds is 9. The van der Waals surface area contributed by atoms with Crippen LogP contribution in [0.4, 0.5) is 11.5 Å². The monoisotopic (exact) mass is 536 g/mol. The topological polar surface area (TPSA) is 75.2 Å². The zero-order chi connectivity index (χ0) is 27.5. The van der Waals surface area contributed by atoms with Crippen molar-refractivity contribution in [1.29, 1.82) is 0 Å². The van der Waals surface area contributed by atoms with Crippen LogP contribution in [0.5, 0.6) is 0 Å². The van der Waals surface area contributed by atoms with E-state index in [1.54, 1.807) is 17.1 Å². The standard InChI is InChI=1S/C32H36N6S/c1-21-10-6-7-12-25(21)13-8-11-22(2)31(20-34-5)38-32(33)27(19-35-38)24(4)28-17-26-16-23(3)30(18-29(26)36-28)37-14-9-15-39-37/h6-7,10-12,16-20,36H,4-5,8-9,13-15,33H2,1-3H3/b22-11-,31-20+. The molecular weight excluding hydrogens is 500 g/mol. The number of benzene rings is 2. The first-order chi connectivity index (χ1) is 18.9. The number of hydrogen-bond donors (Lipinski definition) is 2. The van der Waals surface area contributed by atoms with Crippen molar-refractivity contribution >= 4 is 52.3 Å². The molecule has 200 valence electrons. The molecule has 1 saturated heterocycles. The first-order valence-electron chi connectivity index (χ1n) is 13.3. The number of allylic oxidation sites excluding steroid dienone is 3. The van der Waals surface area contributed by atoms with Crippen LogP contribution in [0.25, 0.3) is 22.2 Å². The number of aromatic nitrogens is 3. The van der Waals surface area contributed by atoms with Crippen molar-refractivity contribution in [2.75, 3.05) is 22.3 Å². The van der Waals surface area contributed by atoms with Gasteiger partial charge in [-0.15, -0.1) is 0 Å². The molecule has 6 nitrogen and oxygen atoms in total. The lowest BCUT2D eigenvalue weighted by atomic mass is 10.0. The number of nitrogen functional groups attached to an aromatic ring is 1. The van der Waals surface area contributed by atoms with Gasteiger partial charge in [0, 0.05) is 40.0 Å². The summed E-state index contributed by atoms with van der Waals surface area (Å²) in [4.78, 5) is 7.61. The summed E-state index contributed by atoms with van der Waals surface area (Å²) in [5, 5.41) is 5.79. The van der Waals surface area contributed by atoms with Crippen LogP contribution in [-0.4, -0.2) is 33.8 Å². The van der Waals surface area contributed by atoms with E-state index in [9.17, 15) is 0 Å². The molecule has 0 atom stereocenters. The number of fused-ring (bicyclic) bond motifs is 1. The van der Waals surface area contributed by atoms with E-state index in [1.807, 2.05) is 11.9 Å². The van der Waals surface area contributed by atoms with Crippen molar-refractivity contribution in [3.8, 4) is 0 Å². The molecule has 0 bridgehead atoms. The van der Waals surface area contributed by atoms with Gasteiger partial charge in [0.05, 0.1) is 23.8 Å². The van der Waals surface area contributed by atoms with Crippen molar-refractivity contribution in [1.82, 2.24) is 14.8 Å². The van der Waals surface area contributed by atoms with E-state index in [2.05, 4.69) is 102 Å². The minimum absolute atomic E-state index is 0.519.